The van der Waals surface area contributed by atoms with Gasteiger partial charge in [0.25, 0.3) is 0 Å². The molecule has 2 unspecified atom stereocenters. The fourth-order valence-electron chi connectivity index (χ4n) is 3.63. The summed E-state index contributed by atoms with van der Waals surface area (Å²) in [4.78, 5) is 22.9. The minimum atomic E-state index is -1.10. The minimum absolute atomic E-state index is 0.342. The van der Waals surface area contributed by atoms with E-state index in [1.165, 1.54) is 5.01 Å². The third kappa shape index (κ3) is 3.72. The molecule has 1 aliphatic rings. The van der Waals surface area contributed by atoms with Crippen LogP contribution in [0.2, 0.25) is 5.02 Å². The normalized spacial score (nSPS) is 25.3. The molecule has 2 N–H and O–H groups in total. The molecule has 1 fully saturated rings. The Morgan fingerprint density at radius 3 is 2.35 bits per heavy atom. The van der Waals surface area contributed by atoms with Crippen molar-refractivity contribution in [3.05, 3.63) is 34.9 Å². The highest BCUT2D eigenvalue weighted by atomic mass is 35.5. The fourth-order valence-corrected chi connectivity index (χ4v) is 3.76. The number of carbonyl (C=O) groups excluding carboxylic acids is 1. The van der Waals surface area contributed by atoms with Crippen LogP contribution in [0.25, 0.3) is 0 Å². The highest BCUT2D eigenvalue weighted by Crippen LogP contribution is 2.46. The van der Waals surface area contributed by atoms with Crippen LogP contribution in [0.1, 0.15) is 39.7 Å². The summed E-state index contributed by atoms with van der Waals surface area (Å²) in [5.74, 6) is -0.425. The van der Waals surface area contributed by atoms with Crippen molar-refractivity contribution in [3.8, 4) is 0 Å². The molecule has 1 aromatic rings. The highest BCUT2D eigenvalue weighted by molar-refractivity contribution is 6.30. The average molecular weight is 383 g/mol. The molecule has 1 amide bonds. The number of aldehydes is 1. The van der Waals surface area contributed by atoms with E-state index in [2.05, 4.69) is 0 Å². The molecule has 144 valence electrons. The summed E-state index contributed by atoms with van der Waals surface area (Å²) in [7, 11) is 0. The predicted octanol–water partition coefficient (Wildman–Crippen LogP) is 3.38. The molecule has 6 nitrogen and oxygen atoms in total. The highest BCUT2D eigenvalue weighted by Gasteiger charge is 2.50. The van der Waals surface area contributed by atoms with Crippen molar-refractivity contribution in [1.82, 2.24) is 10.0 Å². The lowest BCUT2D eigenvalue weighted by atomic mass is 9.67. The van der Waals surface area contributed by atoms with E-state index in [9.17, 15) is 19.8 Å². The number of amides is 1. The molecule has 0 bridgehead atoms. The maximum Gasteiger partial charge on any atom is 0.422 e. The van der Waals surface area contributed by atoms with E-state index in [4.69, 9.17) is 11.6 Å². The molecular formula is C19H27ClN2O4. The summed E-state index contributed by atoms with van der Waals surface area (Å²) < 4.78 is 0. The Bertz CT molecular complexity index is 664. The van der Waals surface area contributed by atoms with Gasteiger partial charge in [-0.25, -0.2) is 14.8 Å². The van der Waals surface area contributed by atoms with E-state index in [1.807, 2.05) is 26.0 Å². The molecule has 1 aromatic carbocycles. The van der Waals surface area contributed by atoms with Crippen LogP contribution < -0.4 is 0 Å². The quantitative estimate of drug-likeness (QED) is 0.763. The number of carbonyl (C=O) groups is 2. The van der Waals surface area contributed by atoms with Crippen molar-refractivity contribution in [2.75, 3.05) is 13.1 Å². The summed E-state index contributed by atoms with van der Waals surface area (Å²) in [6.07, 6.45) is 0.0341. The number of carboxylic acid groups (broad SMARTS) is 1. The molecule has 0 radical (unpaired) electrons. The first-order valence-electron chi connectivity index (χ1n) is 8.74. The van der Waals surface area contributed by atoms with Crippen molar-refractivity contribution in [1.29, 1.82) is 0 Å². The smallest absolute Gasteiger partial charge is 0.422 e. The SMILES string of the molecule is CC(C=O)C(C)N(C(=O)O)N1CC[C@](O)(c2ccc(Cl)cc2)C(C)(C)C1. The summed E-state index contributed by atoms with van der Waals surface area (Å²) in [5, 5.41) is 24.6. The third-order valence-corrected chi connectivity index (χ3v) is 5.86. The van der Waals surface area contributed by atoms with Crippen LogP contribution in [0, 0.1) is 11.3 Å². The number of benzene rings is 1. The maximum absolute atomic E-state index is 11.8. The zero-order valence-electron chi connectivity index (χ0n) is 15.6. The molecule has 0 spiro atoms. The van der Waals surface area contributed by atoms with Gasteiger partial charge in [-0.05, 0) is 31.0 Å². The first-order valence-corrected chi connectivity index (χ1v) is 9.12. The Labute approximate surface area is 159 Å². The van der Waals surface area contributed by atoms with Gasteiger partial charge in [-0.1, -0.05) is 44.5 Å². The largest absolute Gasteiger partial charge is 0.464 e. The molecular weight excluding hydrogens is 356 g/mol. The van der Waals surface area contributed by atoms with Crippen molar-refractivity contribution >= 4 is 24.0 Å². The summed E-state index contributed by atoms with van der Waals surface area (Å²) in [6.45, 7) is 7.97. The second-order valence-electron chi connectivity index (χ2n) is 7.75. The van der Waals surface area contributed by atoms with Gasteiger partial charge in [-0.2, -0.15) is 0 Å². The molecule has 2 rings (SSSR count). The van der Waals surface area contributed by atoms with Gasteiger partial charge in [0.2, 0.25) is 0 Å². The number of hydrogen-bond donors (Lipinski definition) is 2. The van der Waals surface area contributed by atoms with Gasteiger partial charge in [-0.15, -0.1) is 0 Å². The number of hydrazine groups is 1. The monoisotopic (exact) mass is 382 g/mol. The number of halogens is 1. The number of aliphatic hydroxyl groups is 1. The number of rotatable bonds is 5. The maximum atomic E-state index is 11.8. The molecule has 7 heteroatoms. The van der Waals surface area contributed by atoms with Gasteiger partial charge < -0.3 is 15.0 Å². The van der Waals surface area contributed by atoms with Crippen LogP contribution in [0.15, 0.2) is 24.3 Å². The van der Waals surface area contributed by atoms with Gasteiger partial charge >= 0.3 is 6.09 Å². The Morgan fingerprint density at radius 2 is 1.88 bits per heavy atom. The standard InChI is InChI=1S/C19H27ClN2O4/c1-13(11-23)14(2)22(17(24)25)21-10-9-19(26,18(3,4)12-21)15-5-7-16(20)8-6-15/h5-8,11,13-14,26H,9-10,12H2,1-4H3,(H,24,25)/t13?,14?,19-/m0/s1. The molecule has 0 aromatic heterocycles. The zero-order chi connectivity index (χ0) is 19.7. The van der Waals surface area contributed by atoms with E-state index in [-0.39, 0.29) is 0 Å². The molecule has 1 saturated heterocycles. The van der Waals surface area contributed by atoms with E-state index in [1.54, 1.807) is 31.0 Å². The first kappa shape index (κ1) is 20.7. The van der Waals surface area contributed by atoms with Crippen LogP contribution >= 0.6 is 11.6 Å². The predicted molar refractivity (Wildman–Crippen MR) is 99.9 cm³/mol. The lowest BCUT2D eigenvalue weighted by Gasteiger charge is -2.53. The van der Waals surface area contributed by atoms with E-state index >= 15 is 0 Å². The Hall–Kier alpha value is -1.63. The molecule has 3 atom stereocenters. The van der Waals surface area contributed by atoms with Crippen LogP contribution in [0.5, 0.6) is 0 Å². The summed E-state index contributed by atoms with van der Waals surface area (Å²) in [5.41, 5.74) is -0.947. The van der Waals surface area contributed by atoms with Crippen molar-refractivity contribution in [2.24, 2.45) is 11.3 Å². The van der Waals surface area contributed by atoms with Gasteiger partial charge in [0.05, 0.1) is 11.6 Å². The molecule has 1 aliphatic heterocycles. The molecule has 0 aliphatic carbocycles. The lowest BCUT2D eigenvalue weighted by molar-refractivity contribution is -0.175. The van der Waals surface area contributed by atoms with Crippen molar-refractivity contribution < 1.29 is 19.8 Å². The van der Waals surface area contributed by atoms with Gasteiger partial charge in [-0.3, -0.25) is 0 Å². The van der Waals surface area contributed by atoms with Crippen molar-refractivity contribution in [2.45, 2.75) is 45.8 Å². The van der Waals surface area contributed by atoms with Crippen LogP contribution in [-0.2, 0) is 10.4 Å². The van der Waals surface area contributed by atoms with Crippen molar-refractivity contribution in [3.63, 3.8) is 0 Å². The van der Waals surface area contributed by atoms with E-state index in [0.29, 0.717) is 24.5 Å². The van der Waals surface area contributed by atoms with Crippen LogP contribution in [0.4, 0.5) is 4.79 Å². The van der Waals surface area contributed by atoms with Gasteiger partial charge in [0, 0.05) is 29.4 Å². The second kappa shape index (κ2) is 7.55. The Balaban J connectivity index is 2.30. The topological polar surface area (TPSA) is 81.1 Å². The summed E-state index contributed by atoms with van der Waals surface area (Å²) >= 11 is 5.95. The van der Waals surface area contributed by atoms with E-state index < -0.39 is 29.1 Å². The summed E-state index contributed by atoms with van der Waals surface area (Å²) in [6, 6.07) is 6.63. The van der Waals surface area contributed by atoms with Crippen LogP contribution in [-0.4, -0.2) is 51.7 Å². The van der Waals surface area contributed by atoms with Gasteiger partial charge in [0.1, 0.15) is 6.29 Å². The minimum Gasteiger partial charge on any atom is -0.464 e. The number of hydrogen-bond acceptors (Lipinski definition) is 4. The lowest BCUT2D eigenvalue weighted by Crippen LogP contribution is -2.62. The average Bonchev–Trinajstić information content (AvgIpc) is 2.57. The Morgan fingerprint density at radius 1 is 1.31 bits per heavy atom. The van der Waals surface area contributed by atoms with Crippen LogP contribution in [0.3, 0.4) is 0 Å². The molecule has 1 heterocycles. The van der Waals surface area contributed by atoms with E-state index in [0.717, 1.165) is 11.8 Å². The molecule has 0 saturated carbocycles. The Kier molecular flexibility index (Phi) is 6.00. The number of nitrogens with zero attached hydrogens (tertiary/aromatic N) is 2. The second-order valence-corrected chi connectivity index (χ2v) is 8.19. The third-order valence-electron chi connectivity index (χ3n) is 5.61. The molecule has 26 heavy (non-hydrogen) atoms. The fraction of sp³-hybridized carbons (Fsp3) is 0.579. The first-order chi connectivity index (χ1) is 12.0. The van der Waals surface area contributed by atoms with Gasteiger partial charge in [0.15, 0.2) is 0 Å². The number of piperidine rings is 1. The zero-order valence-corrected chi connectivity index (χ0v) is 16.4.